The number of hydrogen-bond donors (Lipinski definition) is 0. The molecule has 0 saturated carbocycles. The molecule has 1 rings (SSSR count). The lowest BCUT2D eigenvalue weighted by molar-refractivity contribution is -0.145. The highest BCUT2D eigenvalue weighted by molar-refractivity contribution is 5.77. The highest BCUT2D eigenvalue weighted by Gasteiger charge is 2.22. The number of ether oxygens (including phenoxy) is 2. The number of carbonyl (C=O) groups is 1. The van der Waals surface area contributed by atoms with Gasteiger partial charge in [-0.1, -0.05) is 6.92 Å². The third-order valence-electron chi connectivity index (χ3n) is 2.49. The molecule has 4 heteroatoms. The van der Waals surface area contributed by atoms with Crippen molar-refractivity contribution in [3.05, 3.63) is 0 Å². The van der Waals surface area contributed by atoms with E-state index < -0.39 is 0 Å². The van der Waals surface area contributed by atoms with E-state index in [1.54, 1.807) is 0 Å². The molecule has 1 fully saturated rings. The van der Waals surface area contributed by atoms with Crippen molar-refractivity contribution in [2.45, 2.75) is 39.4 Å². The van der Waals surface area contributed by atoms with Crippen LogP contribution in [0.5, 0.6) is 0 Å². The zero-order chi connectivity index (χ0) is 11.3. The normalized spacial score (nSPS) is 22.1. The molecule has 1 heterocycles. The fourth-order valence-corrected chi connectivity index (χ4v) is 1.52. The average molecular weight is 215 g/mol. The van der Waals surface area contributed by atoms with Crippen LogP contribution in [0.25, 0.3) is 0 Å². The Morgan fingerprint density at radius 1 is 1.60 bits per heavy atom. The molecule has 1 unspecified atom stereocenters. The summed E-state index contributed by atoms with van der Waals surface area (Å²) in [5.74, 6) is 0.0745. The molecule has 0 aromatic carbocycles. The first-order valence-electron chi connectivity index (χ1n) is 5.64. The molecule has 4 nitrogen and oxygen atoms in total. The van der Waals surface area contributed by atoms with Crippen LogP contribution in [0.3, 0.4) is 0 Å². The van der Waals surface area contributed by atoms with Crippen molar-refractivity contribution in [2.24, 2.45) is 0 Å². The SMILES string of the molecule is CCC1CN(C(=O)COC(C)C)CCO1. The first-order chi connectivity index (χ1) is 7.13. The van der Waals surface area contributed by atoms with E-state index in [2.05, 4.69) is 6.92 Å². The molecule has 1 amide bonds. The molecular formula is C11H21NO3. The lowest BCUT2D eigenvalue weighted by Crippen LogP contribution is -2.46. The molecule has 0 aromatic rings. The number of carbonyl (C=O) groups excluding carboxylic acids is 1. The van der Waals surface area contributed by atoms with Crippen LogP contribution in [0.15, 0.2) is 0 Å². The molecule has 1 atom stereocenters. The van der Waals surface area contributed by atoms with Gasteiger partial charge in [0.25, 0.3) is 0 Å². The predicted octanol–water partition coefficient (Wildman–Crippen LogP) is 1.05. The van der Waals surface area contributed by atoms with Crippen LogP contribution in [-0.2, 0) is 14.3 Å². The minimum absolute atomic E-state index is 0.0745. The van der Waals surface area contributed by atoms with Gasteiger partial charge in [0.2, 0.25) is 5.91 Å². The quantitative estimate of drug-likeness (QED) is 0.703. The molecule has 0 aliphatic carbocycles. The first kappa shape index (κ1) is 12.5. The highest BCUT2D eigenvalue weighted by Crippen LogP contribution is 2.08. The molecule has 0 spiro atoms. The van der Waals surface area contributed by atoms with Gasteiger partial charge in [0, 0.05) is 13.1 Å². The number of rotatable bonds is 4. The van der Waals surface area contributed by atoms with Gasteiger partial charge in [-0.3, -0.25) is 4.79 Å². The van der Waals surface area contributed by atoms with Gasteiger partial charge in [0.05, 0.1) is 18.8 Å². The molecule has 1 aliphatic rings. The maximum absolute atomic E-state index is 11.7. The topological polar surface area (TPSA) is 38.8 Å². The standard InChI is InChI=1S/C11H21NO3/c1-4-10-7-12(5-6-14-10)11(13)8-15-9(2)3/h9-10H,4-8H2,1-3H3. The van der Waals surface area contributed by atoms with Crippen molar-refractivity contribution in [1.29, 1.82) is 0 Å². The molecular weight excluding hydrogens is 194 g/mol. The van der Waals surface area contributed by atoms with E-state index >= 15 is 0 Å². The Bertz CT molecular complexity index is 206. The minimum Gasteiger partial charge on any atom is -0.375 e. The van der Waals surface area contributed by atoms with Crippen molar-refractivity contribution in [3.63, 3.8) is 0 Å². The third-order valence-corrected chi connectivity index (χ3v) is 2.49. The largest absolute Gasteiger partial charge is 0.375 e. The molecule has 15 heavy (non-hydrogen) atoms. The highest BCUT2D eigenvalue weighted by atomic mass is 16.5. The van der Waals surface area contributed by atoms with Crippen molar-refractivity contribution in [3.8, 4) is 0 Å². The Balaban J connectivity index is 2.32. The van der Waals surface area contributed by atoms with Gasteiger partial charge in [0.1, 0.15) is 6.61 Å². The van der Waals surface area contributed by atoms with Crippen molar-refractivity contribution < 1.29 is 14.3 Å². The third kappa shape index (κ3) is 4.18. The van der Waals surface area contributed by atoms with Crippen LogP contribution >= 0.6 is 0 Å². The zero-order valence-corrected chi connectivity index (χ0v) is 9.86. The Kier molecular flexibility index (Phi) is 5.05. The van der Waals surface area contributed by atoms with E-state index in [-0.39, 0.29) is 24.7 Å². The summed E-state index contributed by atoms with van der Waals surface area (Å²) >= 11 is 0. The van der Waals surface area contributed by atoms with E-state index in [1.165, 1.54) is 0 Å². The van der Waals surface area contributed by atoms with E-state index in [4.69, 9.17) is 9.47 Å². The number of morpholine rings is 1. The molecule has 1 saturated heterocycles. The summed E-state index contributed by atoms with van der Waals surface area (Å²) in [5.41, 5.74) is 0. The summed E-state index contributed by atoms with van der Waals surface area (Å²) in [4.78, 5) is 13.5. The van der Waals surface area contributed by atoms with Gasteiger partial charge < -0.3 is 14.4 Å². The lowest BCUT2D eigenvalue weighted by atomic mass is 10.2. The smallest absolute Gasteiger partial charge is 0.248 e. The maximum atomic E-state index is 11.7. The molecule has 0 N–H and O–H groups in total. The second-order valence-electron chi connectivity index (χ2n) is 4.10. The van der Waals surface area contributed by atoms with Gasteiger partial charge in [0.15, 0.2) is 0 Å². The molecule has 1 aliphatic heterocycles. The summed E-state index contributed by atoms with van der Waals surface area (Å²) in [6.45, 7) is 8.17. The molecule has 88 valence electrons. The maximum Gasteiger partial charge on any atom is 0.248 e. The van der Waals surface area contributed by atoms with Crippen molar-refractivity contribution in [1.82, 2.24) is 4.90 Å². The number of nitrogens with zero attached hydrogens (tertiary/aromatic N) is 1. The molecule has 0 radical (unpaired) electrons. The Hall–Kier alpha value is -0.610. The van der Waals surface area contributed by atoms with Crippen LogP contribution in [0.4, 0.5) is 0 Å². The summed E-state index contributed by atoms with van der Waals surface area (Å²) in [6, 6.07) is 0. The Morgan fingerprint density at radius 2 is 2.33 bits per heavy atom. The van der Waals surface area contributed by atoms with Crippen LogP contribution in [0.1, 0.15) is 27.2 Å². The predicted molar refractivity (Wildman–Crippen MR) is 57.7 cm³/mol. The summed E-state index contributed by atoms with van der Waals surface area (Å²) < 4.78 is 10.8. The number of hydrogen-bond acceptors (Lipinski definition) is 3. The summed E-state index contributed by atoms with van der Waals surface area (Å²) in [5, 5.41) is 0. The Labute approximate surface area is 91.5 Å². The first-order valence-corrected chi connectivity index (χ1v) is 5.64. The molecule has 0 aromatic heterocycles. The van der Waals surface area contributed by atoms with Gasteiger partial charge in [-0.05, 0) is 20.3 Å². The lowest BCUT2D eigenvalue weighted by Gasteiger charge is -2.32. The Morgan fingerprint density at radius 3 is 2.93 bits per heavy atom. The van der Waals surface area contributed by atoms with Crippen molar-refractivity contribution in [2.75, 3.05) is 26.3 Å². The van der Waals surface area contributed by atoms with Crippen LogP contribution in [0, 0.1) is 0 Å². The van der Waals surface area contributed by atoms with Gasteiger partial charge >= 0.3 is 0 Å². The van der Waals surface area contributed by atoms with Gasteiger partial charge in [-0.25, -0.2) is 0 Å². The van der Waals surface area contributed by atoms with E-state index in [9.17, 15) is 4.79 Å². The van der Waals surface area contributed by atoms with Crippen LogP contribution in [0.2, 0.25) is 0 Å². The van der Waals surface area contributed by atoms with Gasteiger partial charge in [-0.15, -0.1) is 0 Å². The zero-order valence-electron chi connectivity index (χ0n) is 9.86. The van der Waals surface area contributed by atoms with Crippen LogP contribution < -0.4 is 0 Å². The average Bonchev–Trinajstić information content (AvgIpc) is 2.26. The molecule has 0 bridgehead atoms. The van der Waals surface area contributed by atoms with E-state index in [0.29, 0.717) is 19.7 Å². The fourth-order valence-electron chi connectivity index (χ4n) is 1.52. The monoisotopic (exact) mass is 215 g/mol. The van der Waals surface area contributed by atoms with E-state index in [0.717, 1.165) is 6.42 Å². The minimum atomic E-state index is 0.0745. The summed E-state index contributed by atoms with van der Waals surface area (Å²) in [6.07, 6.45) is 1.26. The van der Waals surface area contributed by atoms with Crippen LogP contribution in [-0.4, -0.2) is 49.3 Å². The second-order valence-corrected chi connectivity index (χ2v) is 4.10. The van der Waals surface area contributed by atoms with Crippen molar-refractivity contribution >= 4 is 5.91 Å². The van der Waals surface area contributed by atoms with Gasteiger partial charge in [-0.2, -0.15) is 0 Å². The summed E-state index contributed by atoms with van der Waals surface area (Å²) in [7, 11) is 0. The fraction of sp³-hybridized carbons (Fsp3) is 0.909. The van der Waals surface area contributed by atoms with E-state index in [1.807, 2.05) is 18.7 Å². The second kappa shape index (κ2) is 6.08. The number of amides is 1.